The van der Waals surface area contributed by atoms with Crippen molar-refractivity contribution in [1.82, 2.24) is 29.7 Å². The highest BCUT2D eigenvalue weighted by Crippen LogP contribution is 2.34. The minimum absolute atomic E-state index is 0.642. The number of pyridine rings is 1. The van der Waals surface area contributed by atoms with E-state index in [1.807, 2.05) is 31.3 Å². The third kappa shape index (κ3) is 3.11. The fourth-order valence-corrected chi connectivity index (χ4v) is 4.59. The molecule has 9 heteroatoms. The second-order valence-electron chi connectivity index (χ2n) is 7.79. The molecule has 0 atom stereocenters. The monoisotopic (exact) mass is 445 g/mol. The Morgan fingerprint density at radius 3 is 2.72 bits per heavy atom. The molecule has 0 bridgehead atoms. The summed E-state index contributed by atoms with van der Waals surface area (Å²) in [6.07, 6.45) is 3.36. The van der Waals surface area contributed by atoms with Gasteiger partial charge in [0.25, 0.3) is 0 Å². The van der Waals surface area contributed by atoms with Crippen LogP contribution in [0, 0.1) is 6.92 Å². The molecule has 3 aromatic heterocycles. The number of benzene rings is 2. The van der Waals surface area contributed by atoms with Crippen LogP contribution in [0.3, 0.4) is 0 Å². The predicted molar refractivity (Wildman–Crippen MR) is 125 cm³/mol. The fraction of sp³-hybridized carbons (Fsp3) is 0.217. The van der Waals surface area contributed by atoms with Crippen LogP contribution in [-0.4, -0.2) is 56.0 Å². The molecule has 0 amide bonds. The summed E-state index contributed by atoms with van der Waals surface area (Å²) in [4.78, 5) is 16.3. The molecule has 1 aliphatic heterocycles. The lowest BCUT2D eigenvalue weighted by atomic mass is 10.1. The third-order valence-electron chi connectivity index (χ3n) is 5.86. The fourth-order valence-electron chi connectivity index (χ4n) is 4.36. The number of fused-ring (bicyclic) bond motifs is 2. The highest BCUT2D eigenvalue weighted by atomic mass is 35.5. The Morgan fingerprint density at radius 1 is 1.03 bits per heavy atom. The molecule has 6 rings (SSSR count). The van der Waals surface area contributed by atoms with Crippen molar-refractivity contribution in [3.63, 3.8) is 0 Å². The number of aromatic amines is 1. The second kappa shape index (κ2) is 7.58. The molecule has 1 saturated heterocycles. The van der Waals surface area contributed by atoms with Gasteiger partial charge in [0.15, 0.2) is 5.82 Å². The van der Waals surface area contributed by atoms with E-state index < -0.39 is 0 Å². The number of morpholine rings is 1. The Hall–Kier alpha value is -3.49. The van der Waals surface area contributed by atoms with E-state index in [0.717, 1.165) is 57.8 Å². The van der Waals surface area contributed by atoms with Gasteiger partial charge in [-0.15, -0.1) is 0 Å². The highest BCUT2D eigenvalue weighted by molar-refractivity contribution is 6.35. The van der Waals surface area contributed by atoms with Gasteiger partial charge >= 0.3 is 0 Å². The zero-order chi connectivity index (χ0) is 21.7. The Balaban J connectivity index is 1.60. The minimum Gasteiger partial charge on any atom is -0.378 e. The largest absolute Gasteiger partial charge is 0.378 e. The summed E-state index contributed by atoms with van der Waals surface area (Å²) < 4.78 is 7.68. The Bertz CT molecular complexity index is 1440. The Kier molecular flexibility index (Phi) is 4.55. The molecule has 0 spiro atoms. The van der Waals surface area contributed by atoms with Crippen LogP contribution in [0.2, 0.25) is 5.02 Å². The van der Waals surface area contributed by atoms with Gasteiger partial charge in [-0.1, -0.05) is 23.7 Å². The first-order chi connectivity index (χ1) is 15.7. The van der Waals surface area contributed by atoms with Crippen LogP contribution in [0.25, 0.3) is 39.0 Å². The van der Waals surface area contributed by atoms with Crippen LogP contribution >= 0.6 is 11.6 Å². The van der Waals surface area contributed by atoms with Gasteiger partial charge in [0.1, 0.15) is 17.7 Å². The minimum atomic E-state index is 0.642. The third-order valence-corrected chi connectivity index (χ3v) is 6.17. The molecule has 0 unspecified atom stereocenters. The zero-order valence-electron chi connectivity index (χ0n) is 17.4. The van der Waals surface area contributed by atoms with Crippen LogP contribution in [-0.2, 0) is 4.74 Å². The molecule has 0 radical (unpaired) electrons. The highest BCUT2D eigenvalue weighted by Gasteiger charge is 2.20. The zero-order valence-corrected chi connectivity index (χ0v) is 18.2. The molecule has 4 heterocycles. The van der Waals surface area contributed by atoms with Crippen LogP contribution in [0.4, 0.5) is 5.69 Å². The van der Waals surface area contributed by atoms with Crippen molar-refractivity contribution in [1.29, 1.82) is 0 Å². The lowest BCUT2D eigenvalue weighted by molar-refractivity contribution is 0.122. The topological polar surface area (TPSA) is 84.8 Å². The molecule has 2 aromatic carbocycles. The normalized spacial score (nSPS) is 14.5. The smallest absolute Gasteiger partial charge is 0.157 e. The lowest BCUT2D eigenvalue weighted by Gasteiger charge is -2.29. The van der Waals surface area contributed by atoms with E-state index in [4.69, 9.17) is 21.3 Å². The summed E-state index contributed by atoms with van der Waals surface area (Å²) >= 11 is 6.33. The quantitative estimate of drug-likeness (QED) is 0.449. The van der Waals surface area contributed by atoms with Crippen molar-refractivity contribution in [3.05, 3.63) is 59.8 Å². The number of aromatic nitrogens is 6. The van der Waals surface area contributed by atoms with Crippen molar-refractivity contribution in [2.75, 3.05) is 31.2 Å². The standard InChI is InChI=1S/C23H20ClN7O/c1-14-28-22-18(23-26-13-27-29-23)10-16(30-5-7-32-8-6-30)11-20(22)31(14)17-9-15-3-2-4-19(24)21(15)25-12-17/h2-4,9-13H,5-8H2,1H3,(H,26,27,29). The number of para-hydroxylation sites is 1. The molecule has 32 heavy (non-hydrogen) atoms. The molecular formula is C23H20ClN7O. The number of nitrogens with one attached hydrogen (secondary N) is 1. The molecule has 8 nitrogen and oxygen atoms in total. The summed E-state index contributed by atoms with van der Waals surface area (Å²) in [5, 5.41) is 8.67. The van der Waals surface area contributed by atoms with E-state index in [9.17, 15) is 0 Å². The molecular weight excluding hydrogens is 426 g/mol. The summed E-state index contributed by atoms with van der Waals surface area (Å²) in [6, 6.07) is 12.2. The van der Waals surface area contributed by atoms with E-state index in [1.165, 1.54) is 6.33 Å². The Labute approximate surface area is 188 Å². The molecule has 5 aromatic rings. The van der Waals surface area contributed by atoms with Gasteiger partial charge in [0.05, 0.1) is 41.2 Å². The van der Waals surface area contributed by atoms with Crippen molar-refractivity contribution in [2.45, 2.75) is 6.92 Å². The van der Waals surface area contributed by atoms with E-state index in [1.54, 1.807) is 0 Å². The van der Waals surface area contributed by atoms with Gasteiger partial charge in [-0.3, -0.25) is 14.6 Å². The van der Waals surface area contributed by atoms with E-state index in [2.05, 4.69) is 47.8 Å². The summed E-state index contributed by atoms with van der Waals surface area (Å²) in [5.41, 5.74) is 5.59. The number of nitrogens with zero attached hydrogens (tertiary/aromatic N) is 6. The van der Waals surface area contributed by atoms with Gasteiger partial charge in [0, 0.05) is 29.7 Å². The molecule has 0 saturated carbocycles. The van der Waals surface area contributed by atoms with Gasteiger partial charge in [-0.25, -0.2) is 9.97 Å². The van der Waals surface area contributed by atoms with Crippen molar-refractivity contribution in [3.8, 4) is 17.1 Å². The maximum atomic E-state index is 6.33. The second-order valence-corrected chi connectivity index (χ2v) is 8.20. The van der Waals surface area contributed by atoms with Crippen molar-refractivity contribution < 1.29 is 4.74 Å². The molecule has 160 valence electrons. The number of ether oxygens (including phenoxy) is 1. The predicted octanol–water partition coefficient (Wildman–Crippen LogP) is 4.16. The van der Waals surface area contributed by atoms with Crippen LogP contribution in [0.1, 0.15) is 5.82 Å². The van der Waals surface area contributed by atoms with Crippen LogP contribution in [0.5, 0.6) is 0 Å². The SMILES string of the molecule is Cc1nc2c(-c3ncn[nH]3)cc(N3CCOCC3)cc2n1-c1cnc2c(Cl)cccc2c1. The summed E-state index contributed by atoms with van der Waals surface area (Å²) in [6.45, 7) is 5.10. The van der Waals surface area contributed by atoms with Crippen LogP contribution in [0.15, 0.2) is 48.9 Å². The van der Waals surface area contributed by atoms with Crippen molar-refractivity contribution >= 4 is 39.2 Å². The number of rotatable bonds is 3. The lowest BCUT2D eigenvalue weighted by Crippen LogP contribution is -2.36. The van der Waals surface area contributed by atoms with Gasteiger partial charge in [0.2, 0.25) is 0 Å². The first-order valence-corrected chi connectivity index (χ1v) is 10.8. The average molecular weight is 446 g/mol. The molecule has 1 aliphatic rings. The van der Waals surface area contributed by atoms with Crippen molar-refractivity contribution in [2.24, 2.45) is 0 Å². The number of halogens is 1. The first-order valence-electron chi connectivity index (χ1n) is 10.5. The summed E-state index contributed by atoms with van der Waals surface area (Å²) in [7, 11) is 0. The number of anilines is 1. The first kappa shape index (κ1) is 19.2. The van der Waals surface area contributed by atoms with E-state index in [-0.39, 0.29) is 0 Å². The molecule has 0 aliphatic carbocycles. The molecule has 1 fully saturated rings. The Morgan fingerprint density at radius 2 is 1.91 bits per heavy atom. The number of imidazole rings is 1. The number of hydrogen-bond acceptors (Lipinski definition) is 6. The maximum absolute atomic E-state index is 6.33. The summed E-state index contributed by atoms with van der Waals surface area (Å²) in [5.74, 6) is 1.56. The number of H-pyrrole nitrogens is 1. The van der Waals surface area contributed by atoms with E-state index >= 15 is 0 Å². The van der Waals surface area contributed by atoms with Crippen LogP contribution < -0.4 is 4.90 Å². The average Bonchev–Trinajstić information content (AvgIpc) is 3.46. The van der Waals surface area contributed by atoms with Gasteiger partial charge in [-0.2, -0.15) is 5.10 Å². The van der Waals surface area contributed by atoms with Gasteiger partial charge < -0.3 is 9.64 Å². The number of hydrogen-bond donors (Lipinski definition) is 1. The van der Waals surface area contributed by atoms with Gasteiger partial charge in [-0.05, 0) is 31.2 Å². The molecule has 1 N–H and O–H groups in total. The maximum Gasteiger partial charge on any atom is 0.157 e. The van der Waals surface area contributed by atoms with E-state index in [0.29, 0.717) is 24.1 Å². The number of aryl methyl sites for hydroxylation is 1.